The molecule has 1 amide bonds. The number of esters is 1. The van der Waals surface area contributed by atoms with E-state index in [9.17, 15) is 19.7 Å². The van der Waals surface area contributed by atoms with Crippen molar-refractivity contribution in [1.29, 1.82) is 0 Å². The number of carbonyl (C=O) groups excluding carboxylic acids is 2. The number of nitro benzene ring substituents is 1. The number of ether oxygens (including phenoxy) is 2. The van der Waals surface area contributed by atoms with E-state index in [2.05, 4.69) is 10.4 Å². The molecule has 1 aromatic carbocycles. The summed E-state index contributed by atoms with van der Waals surface area (Å²) in [7, 11) is 0. The van der Waals surface area contributed by atoms with Gasteiger partial charge in [0.1, 0.15) is 0 Å². The topological polar surface area (TPSA) is 126 Å². The van der Waals surface area contributed by atoms with Crippen LogP contribution in [0.25, 0.3) is 5.69 Å². The number of hydrogen-bond acceptors (Lipinski definition) is 7. The van der Waals surface area contributed by atoms with Crippen molar-refractivity contribution >= 4 is 17.6 Å². The lowest BCUT2D eigenvalue weighted by atomic mass is 9.95. The summed E-state index contributed by atoms with van der Waals surface area (Å²) in [6.07, 6.45) is 6.74. The molecule has 1 fully saturated rings. The molecule has 1 aromatic heterocycles. The van der Waals surface area contributed by atoms with Gasteiger partial charge in [0.2, 0.25) is 5.69 Å². The van der Waals surface area contributed by atoms with Gasteiger partial charge in [-0.3, -0.25) is 14.9 Å². The molecule has 2 aromatic rings. The number of aromatic nitrogens is 2. The van der Waals surface area contributed by atoms with Crippen LogP contribution < -0.4 is 10.1 Å². The minimum absolute atomic E-state index is 0.0626. The van der Waals surface area contributed by atoms with Gasteiger partial charge < -0.3 is 14.8 Å². The van der Waals surface area contributed by atoms with Gasteiger partial charge in [-0.05, 0) is 31.9 Å². The molecule has 0 bridgehead atoms. The summed E-state index contributed by atoms with van der Waals surface area (Å²) in [5.41, 5.74) is 0.362. The normalized spacial score (nSPS) is 14.2. The van der Waals surface area contributed by atoms with E-state index < -0.39 is 10.9 Å². The SMILES string of the molecule is CCOC(=O)c1nn(-c2ccc([N+](=O)[O-])cc2)cc1OCC(=O)NC1CCCCC1. The van der Waals surface area contributed by atoms with Crippen LogP contribution in [0.4, 0.5) is 5.69 Å². The third-order valence-electron chi connectivity index (χ3n) is 4.80. The zero-order chi connectivity index (χ0) is 21.5. The van der Waals surface area contributed by atoms with E-state index in [1.165, 1.54) is 41.6 Å². The number of nitrogens with one attached hydrogen (secondary N) is 1. The Balaban J connectivity index is 1.73. The lowest BCUT2D eigenvalue weighted by molar-refractivity contribution is -0.384. The predicted molar refractivity (Wildman–Crippen MR) is 107 cm³/mol. The van der Waals surface area contributed by atoms with Gasteiger partial charge in [0.15, 0.2) is 12.4 Å². The highest BCUT2D eigenvalue weighted by Gasteiger charge is 2.22. The molecule has 0 aliphatic heterocycles. The zero-order valence-corrected chi connectivity index (χ0v) is 16.7. The molecule has 1 heterocycles. The van der Waals surface area contributed by atoms with Crippen LogP contribution in [-0.4, -0.2) is 45.8 Å². The Morgan fingerprint density at radius 2 is 1.93 bits per heavy atom. The van der Waals surface area contributed by atoms with Crippen LogP contribution in [0.2, 0.25) is 0 Å². The first-order valence-corrected chi connectivity index (χ1v) is 9.91. The van der Waals surface area contributed by atoms with Crippen molar-refractivity contribution in [3.05, 3.63) is 46.3 Å². The molecule has 0 saturated heterocycles. The zero-order valence-electron chi connectivity index (χ0n) is 16.7. The number of non-ortho nitro benzene ring substituents is 1. The van der Waals surface area contributed by atoms with Gasteiger partial charge in [0, 0.05) is 18.2 Å². The van der Waals surface area contributed by atoms with Crippen LogP contribution in [0.1, 0.15) is 49.5 Å². The van der Waals surface area contributed by atoms with Gasteiger partial charge in [0.05, 0.1) is 23.4 Å². The molecule has 10 nitrogen and oxygen atoms in total. The van der Waals surface area contributed by atoms with Gasteiger partial charge in [-0.15, -0.1) is 0 Å². The largest absolute Gasteiger partial charge is 0.480 e. The smallest absolute Gasteiger partial charge is 0.362 e. The van der Waals surface area contributed by atoms with Gasteiger partial charge >= 0.3 is 5.97 Å². The molecule has 1 aliphatic carbocycles. The van der Waals surface area contributed by atoms with E-state index in [-0.39, 0.29) is 42.3 Å². The fourth-order valence-electron chi connectivity index (χ4n) is 3.32. The standard InChI is InChI=1S/C20H24N4O6/c1-2-29-20(26)19-17(30-13-18(25)21-14-6-4-3-5-7-14)12-23(22-19)15-8-10-16(11-9-15)24(27)28/h8-12,14H,2-7,13H2,1H3,(H,21,25). The Morgan fingerprint density at radius 3 is 2.57 bits per heavy atom. The number of nitrogens with zero attached hydrogens (tertiary/aromatic N) is 3. The fourth-order valence-corrected chi connectivity index (χ4v) is 3.32. The molecular formula is C20H24N4O6. The number of nitro groups is 1. The Labute approximate surface area is 173 Å². The van der Waals surface area contributed by atoms with Crippen molar-refractivity contribution in [2.24, 2.45) is 0 Å². The highest BCUT2D eigenvalue weighted by Crippen LogP contribution is 2.23. The van der Waals surface area contributed by atoms with Crippen LogP contribution in [0, 0.1) is 10.1 Å². The molecule has 0 unspecified atom stereocenters. The second-order valence-corrected chi connectivity index (χ2v) is 6.97. The monoisotopic (exact) mass is 416 g/mol. The first-order valence-electron chi connectivity index (χ1n) is 9.91. The van der Waals surface area contributed by atoms with Crippen LogP contribution in [0.3, 0.4) is 0 Å². The highest BCUT2D eigenvalue weighted by molar-refractivity contribution is 5.90. The lowest BCUT2D eigenvalue weighted by Crippen LogP contribution is -2.39. The fraction of sp³-hybridized carbons (Fsp3) is 0.450. The number of carbonyl (C=O) groups is 2. The van der Waals surface area contributed by atoms with Crippen LogP contribution >= 0.6 is 0 Å². The Bertz CT molecular complexity index is 903. The second-order valence-electron chi connectivity index (χ2n) is 6.97. The van der Waals surface area contributed by atoms with Crippen LogP contribution in [0.15, 0.2) is 30.5 Å². The summed E-state index contributed by atoms with van der Waals surface area (Å²) >= 11 is 0. The van der Waals surface area contributed by atoms with Crippen molar-refractivity contribution in [2.75, 3.05) is 13.2 Å². The van der Waals surface area contributed by atoms with Crippen molar-refractivity contribution in [3.8, 4) is 11.4 Å². The van der Waals surface area contributed by atoms with E-state index >= 15 is 0 Å². The summed E-state index contributed by atoms with van der Waals surface area (Å²) < 4.78 is 11.9. The summed E-state index contributed by atoms with van der Waals surface area (Å²) in [5, 5.41) is 18.0. The Kier molecular flexibility index (Phi) is 6.99. The molecule has 30 heavy (non-hydrogen) atoms. The quantitative estimate of drug-likeness (QED) is 0.398. The van der Waals surface area contributed by atoms with Crippen LogP contribution in [-0.2, 0) is 9.53 Å². The average molecular weight is 416 g/mol. The average Bonchev–Trinajstić information content (AvgIpc) is 3.18. The van der Waals surface area contributed by atoms with E-state index in [1.54, 1.807) is 6.92 Å². The molecule has 1 aliphatic rings. The highest BCUT2D eigenvalue weighted by atomic mass is 16.6. The van der Waals surface area contributed by atoms with Crippen molar-refractivity contribution < 1.29 is 24.0 Å². The molecule has 0 radical (unpaired) electrons. The minimum atomic E-state index is -0.680. The summed E-state index contributed by atoms with van der Waals surface area (Å²) in [6, 6.07) is 5.82. The molecule has 0 atom stereocenters. The van der Waals surface area contributed by atoms with Gasteiger partial charge in [-0.25, -0.2) is 9.48 Å². The molecular weight excluding hydrogens is 392 g/mol. The van der Waals surface area contributed by atoms with E-state index in [4.69, 9.17) is 9.47 Å². The number of rotatable bonds is 8. The maximum absolute atomic E-state index is 12.2. The molecule has 160 valence electrons. The van der Waals surface area contributed by atoms with Crippen molar-refractivity contribution in [1.82, 2.24) is 15.1 Å². The molecule has 3 rings (SSSR count). The first-order chi connectivity index (χ1) is 14.5. The summed E-state index contributed by atoms with van der Waals surface area (Å²) in [6.45, 7) is 1.57. The Morgan fingerprint density at radius 1 is 1.23 bits per heavy atom. The van der Waals surface area contributed by atoms with Crippen molar-refractivity contribution in [2.45, 2.75) is 45.1 Å². The third-order valence-corrected chi connectivity index (χ3v) is 4.80. The predicted octanol–water partition coefficient (Wildman–Crippen LogP) is 2.78. The summed E-state index contributed by atoms with van der Waals surface area (Å²) in [5.74, 6) is -0.841. The Hall–Kier alpha value is -3.43. The van der Waals surface area contributed by atoms with E-state index in [1.807, 2.05) is 0 Å². The molecule has 10 heteroatoms. The van der Waals surface area contributed by atoms with Crippen molar-refractivity contribution in [3.63, 3.8) is 0 Å². The van der Waals surface area contributed by atoms with Gasteiger partial charge in [-0.1, -0.05) is 19.3 Å². The number of hydrogen-bond donors (Lipinski definition) is 1. The summed E-state index contributed by atoms with van der Waals surface area (Å²) in [4.78, 5) is 34.8. The first kappa shape index (κ1) is 21.3. The maximum Gasteiger partial charge on any atom is 0.362 e. The number of benzene rings is 1. The molecule has 1 N–H and O–H groups in total. The van der Waals surface area contributed by atoms with E-state index in [0.29, 0.717) is 5.69 Å². The van der Waals surface area contributed by atoms with Crippen LogP contribution in [0.5, 0.6) is 5.75 Å². The van der Waals surface area contributed by atoms with Gasteiger partial charge in [0.25, 0.3) is 11.6 Å². The second kappa shape index (κ2) is 9.86. The molecule has 1 saturated carbocycles. The third kappa shape index (κ3) is 5.34. The maximum atomic E-state index is 12.2. The van der Waals surface area contributed by atoms with Gasteiger partial charge in [-0.2, -0.15) is 5.10 Å². The van der Waals surface area contributed by atoms with E-state index in [0.717, 1.165) is 25.7 Å². The number of amides is 1. The molecule has 0 spiro atoms. The lowest BCUT2D eigenvalue weighted by Gasteiger charge is -2.22. The minimum Gasteiger partial charge on any atom is -0.480 e.